The summed E-state index contributed by atoms with van der Waals surface area (Å²) in [6.07, 6.45) is 5.48. The summed E-state index contributed by atoms with van der Waals surface area (Å²) in [6.45, 7) is 8.26. The number of nitrogens with zero attached hydrogens (tertiary/aromatic N) is 2. The van der Waals surface area contributed by atoms with Crippen LogP contribution in [0.5, 0.6) is 0 Å². The fourth-order valence-corrected chi connectivity index (χ4v) is 3.02. The first-order valence-electron chi connectivity index (χ1n) is 8.52. The molecule has 3 heterocycles. The van der Waals surface area contributed by atoms with Gasteiger partial charge in [-0.05, 0) is 45.3 Å². The van der Waals surface area contributed by atoms with Crippen LogP contribution in [0.15, 0.2) is 55.0 Å². The predicted molar refractivity (Wildman–Crippen MR) is 101 cm³/mol. The van der Waals surface area contributed by atoms with E-state index in [1.54, 1.807) is 6.20 Å². The fraction of sp³-hybridized carbons (Fsp3) is 0.300. The van der Waals surface area contributed by atoms with Crippen molar-refractivity contribution in [1.29, 1.82) is 0 Å². The van der Waals surface area contributed by atoms with Gasteiger partial charge in [-0.25, -0.2) is 0 Å². The maximum atomic E-state index is 6.12. The van der Waals surface area contributed by atoms with E-state index in [1.807, 2.05) is 24.5 Å². The highest BCUT2D eigenvalue weighted by Gasteiger charge is 2.51. The molecule has 1 aromatic carbocycles. The Labute approximate surface area is 148 Å². The molecule has 0 radical (unpaired) electrons. The summed E-state index contributed by atoms with van der Waals surface area (Å²) in [5, 5.41) is 2.18. The zero-order valence-electron chi connectivity index (χ0n) is 15.0. The van der Waals surface area contributed by atoms with Crippen molar-refractivity contribution in [2.24, 2.45) is 0 Å². The van der Waals surface area contributed by atoms with Crippen LogP contribution in [0.4, 0.5) is 0 Å². The maximum Gasteiger partial charge on any atom is 0.494 e. The van der Waals surface area contributed by atoms with E-state index in [2.05, 4.69) is 61.9 Å². The highest BCUT2D eigenvalue weighted by Crippen LogP contribution is 2.36. The summed E-state index contributed by atoms with van der Waals surface area (Å²) in [5.74, 6) is 0. The van der Waals surface area contributed by atoms with Gasteiger partial charge < -0.3 is 9.31 Å². The van der Waals surface area contributed by atoms with Gasteiger partial charge in [0.1, 0.15) is 0 Å². The first-order valence-corrected chi connectivity index (χ1v) is 8.52. The van der Waals surface area contributed by atoms with Crippen molar-refractivity contribution >= 4 is 23.4 Å². The Hall–Kier alpha value is -2.24. The topological polar surface area (TPSA) is 44.2 Å². The molecular formula is C20H21BN2O2. The number of aromatic nitrogens is 2. The molecule has 1 aliphatic rings. The van der Waals surface area contributed by atoms with Crippen LogP contribution in [-0.2, 0) is 9.31 Å². The van der Waals surface area contributed by atoms with Crippen molar-refractivity contribution in [2.45, 2.75) is 38.9 Å². The first-order chi connectivity index (χ1) is 11.9. The smallest absolute Gasteiger partial charge is 0.399 e. The highest BCUT2D eigenvalue weighted by molar-refractivity contribution is 6.62. The molecule has 0 N–H and O–H groups in total. The number of fused-ring (bicyclic) bond motifs is 1. The standard InChI is InChI=1S/C20H21BN2O2/c1-19(2)20(3,4)25-21(24-19)16-7-5-14(6-8-16)18-17-10-11-22-13-15(17)9-12-23-18/h5-13H,1-4H3. The van der Waals surface area contributed by atoms with E-state index >= 15 is 0 Å². The average molecular weight is 332 g/mol. The minimum Gasteiger partial charge on any atom is -0.399 e. The minimum atomic E-state index is -0.344. The Morgan fingerprint density at radius 2 is 1.52 bits per heavy atom. The third-order valence-corrected chi connectivity index (χ3v) is 5.27. The van der Waals surface area contributed by atoms with E-state index < -0.39 is 0 Å². The Morgan fingerprint density at radius 3 is 2.20 bits per heavy atom. The second-order valence-electron chi connectivity index (χ2n) is 7.47. The van der Waals surface area contributed by atoms with Crippen LogP contribution in [0, 0.1) is 0 Å². The molecule has 0 atom stereocenters. The fourth-order valence-electron chi connectivity index (χ4n) is 3.02. The average Bonchev–Trinajstić information content (AvgIpc) is 2.82. The summed E-state index contributed by atoms with van der Waals surface area (Å²) in [7, 11) is -0.344. The molecule has 1 aliphatic heterocycles. The zero-order chi connectivity index (χ0) is 17.7. The summed E-state index contributed by atoms with van der Waals surface area (Å²) in [4.78, 5) is 8.74. The lowest BCUT2D eigenvalue weighted by atomic mass is 9.78. The molecule has 25 heavy (non-hydrogen) atoms. The molecule has 0 saturated carbocycles. The summed E-state index contributed by atoms with van der Waals surface area (Å²) < 4.78 is 12.2. The van der Waals surface area contributed by atoms with Crippen molar-refractivity contribution in [3.8, 4) is 11.3 Å². The number of hydrogen-bond acceptors (Lipinski definition) is 4. The van der Waals surface area contributed by atoms with Gasteiger partial charge in [0.05, 0.1) is 16.9 Å². The van der Waals surface area contributed by atoms with Crippen molar-refractivity contribution in [3.63, 3.8) is 0 Å². The molecule has 4 rings (SSSR count). The number of rotatable bonds is 2. The predicted octanol–water partition coefficient (Wildman–Crippen LogP) is 3.60. The van der Waals surface area contributed by atoms with Gasteiger partial charge in [-0.3, -0.25) is 9.97 Å². The SMILES string of the molecule is CC1(C)OB(c2ccc(-c3nccc4cnccc34)cc2)OC1(C)C. The van der Waals surface area contributed by atoms with Crippen LogP contribution in [0.2, 0.25) is 0 Å². The second kappa shape index (κ2) is 5.65. The second-order valence-corrected chi connectivity index (χ2v) is 7.47. The van der Waals surface area contributed by atoms with Gasteiger partial charge in [0, 0.05) is 34.9 Å². The number of hydrogen-bond donors (Lipinski definition) is 0. The molecule has 5 heteroatoms. The van der Waals surface area contributed by atoms with Crippen molar-refractivity contribution in [1.82, 2.24) is 9.97 Å². The third-order valence-electron chi connectivity index (χ3n) is 5.27. The molecule has 0 aliphatic carbocycles. The molecule has 0 amide bonds. The van der Waals surface area contributed by atoms with Gasteiger partial charge in [-0.1, -0.05) is 24.3 Å². The van der Waals surface area contributed by atoms with Crippen LogP contribution >= 0.6 is 0 Å². The Balaban J connectivity index is 1.67. The molecule has 0 bridgehead atoms. The lowest BCUT2D eigenvalue weighted by Gasteiger charge is -2.32. The number of pyridine rings is 2. The minimum absolute atomic E-state index is 0.333. The molecule has 3 aromatic rings. The van der Waals surface area contributed by atoms with Crippen molar-refractivity contribution in [2.75, 3.05) is 0 Å². The van der Waals surface area contributed by atoms with E-state index in [1.165, 1.54) is 0 Å². The lowest BCUT2D eigenvalue weighted by Crippen LogP contribution is -2.41. The number of benzene rings is 1. The molecule has 2 aromatic heterocycles. The van der Waals surface area contributed by atoms with Crippen LogP contribution < -0.4 is 5.46 Å². The van der Waals surface area contributed by atoms with E-state index in [9.17, 15) is 0 Å². The summed E-state index contributed by atoms with van der Waals surface area (Å²) in [6, 6.07) is 12.2. The Bertz CT molecular complexity index is 901. The van der Waals surface area contributed by atoms with Crippen LogP contribution in [0.1, 0.15) is 27.7 Å². The lowest BCUT2D eigenvalue weighted by molar-refractivity contribution is 0.00578. The molecule has 4 nitrogen and oxygen atoms in total. The first kappa shape index (κ1) is 16.2. The monoisotopic (exact) mass is 332 g/mol. The molecule has 126 valence electrons. The van der Waals surface area contributed by atoms with Gasteiger partial charge in [0.2, 0.25) is 0 Å². The summed E-state index contributed by atoms with van der Waals surface area (Å²) in [5.41, 5.74) is 2.38. The molecule has 0 unspecified atom stereocenters. The van der Waals surface area contributed by atoms with Crippen LogP contribution in [0.25, 0.3) is 22.0 Å². The van der Waals surface area contributed by atoms with E-state index in [-0.39, 0.29) is 18.3 Å². The van der Waals surface area contributed by atoms with E-state index in [0.29, 0.717) is 0 Å². The normalized spacial score (nSPS) is 18.6. The van der Waals surface area contributed by atoms with Gasteiger partial charge in [-0.15, -0.1) is 0 Å². The van der Waals surface area contributed by atoms with Gasteiger partial charge in [0.25, 0.3) is 0 Å². The zero-order valence-corrected chi connectivity index (χ0v) is 15.0. The van der Waals surface area contributed by atoms with Gasteiger partial charge in [-0.2, -0.15) is 0 Å². The molecule has 1 fully saturated rings. The Morgan fingerprint density at radius 1 is 0.840 bits per heavy atom. The molecular weight excluding hydrogens is 311 g/mol. The quantitative estimate of drug-likeness (QED) is 0.673. The van der Waals surface area contributed by atoms with Crippen LogP contribution in [0.3, 0.4) is 0 Å². The van der Waals surface area contributed by atoms with Crippen molar-refractivity contribution < 1.29 is 9.31 Å². The molecule has 0 spiro atoms. The summed E-state index contributed by atoms with van der Waals surface area (Å²) >= 11 is 0. The van der Waals surface area contributed by atoms with Crippen LogP contribution in [-0.4, -0.2) is 28.3 Å². The largest absolute Gasteiger partial charge is 0.494 e. The maximum absolute atomic E-state index is 6.12. The highest BCUT2D eigenvalue weighted by atomic mass is 16.7. The van der Waals surface area contributed by atoms with E-state index in [4.69, 9.17) is 9.31 Å². The Kier molecular flexibility index (Phi) is 3.67. The molecule has 1 saturated heterocycles. The van der Waals surface area contributed by atoms with E-state index in [0.717, 1.165) is 27.5 Å². The van der Waals surface area contributed by atoms with Crippen molar-refractivity contribution in [3.05, 3.63) is 55.0 Å². The van der Waals surface area contributed by atoms with Gasteiger partial charge in [0.15, 0.2) is 0 Å². The third kappa shape index (κ3) is 2.73. The van der Waals surface area contributed by atoms with Gasteiger partial charge >= 0.3 is 7.12 Å².